The fourth-order valence-corrected chi connectivity index (χ4v) is 5.90. The van der Waals surface area contributed by atoms with Crippen LogP contribution in [-0.2, 0) is 4.18 Å². The molecule has 3 heterocycles. The number of hydrogen-bond donors (Lipinski definition) is 2. The number of rotatable bonds is 6. The molecule has 1 aliphatic rings. The van der Waals surface area contributed by atoms with Crippen molar-refractivity contribution >= 4 is 36.3 Å². The number of amidine groups is 1. The number of aromatic nitrogens is 2. The van der Waals surface area contributed by atoms with Crippen molar-refractivity contribution in [1.29, 1.82) is 0 Å². The lowest BCUT2D eigenvalue weighted by atomic mass is 9.95. The number of aliphatic hydroxyl groups is 1. The molecule has 1 unspecified atom stereocenters. The largest absolute Gasteiger partial charge is 0.387 e. The highest BCUT2D eigenvalue weighted by Gasteiger charge is 2.46. The standard InChI is InChI=1S/C23H22ClN5O3S/c1-23(2,31)19(16-7-4-3-5-8-16)32-33(24)21(17-10-13-25-14-11-17)28-29-22(33)27-20(30)18-9-6-12-26-15-18/h3-15,19,31H,1-2H3,(H,27,29,30)/t19-/m1/s1. The van der Waals surface area contributed by atoms with Crippen LogP contribution in [0.1, 0.15) is 41.4 Å². The van der Waals surface area contributed by atoms with Gasteiger partial charge in [-0.2, -0.15) is 0 Å². The molecule has 2 N–H and O–H groups in total. The van der Waals surface area contributed by atoms with Crippen LogP contribution >= 0.6 is 20.2 Å². The van der Waals surface area contributed by atoms with E-state index >= 15 is 0 Å². The van der Waals surface area contributed by atoms with Crippen molar-refractivity contribution in [1.82, 2.24) is 15.3 Å². The van der Waals surface area contributed by atoms with Gasteiger partial charge in [-0.1, -0.05) is 30.3 Å². The van der Waals surface area contributed by atoms with Crippen LogP contribution in [0.3, 0.4) is 0 Å². The molecule has 1 amide bonds. The Bertz CT molecular complexity index is 1190. The molecule has 1 aliphatic heterocycles. The van der Waals surface area contributed by atoms with Crippen molar-refractivity contribution in [3.63, 3.8) is 0 Å². The summed E-state index contributed by atoms with van der Waals surface area (Å²) < 4.78 is 6.45. The van der Waals surface area contributed by atoms with Gasteiger partial charge in [-0.15, -0.1) is 10.2 Å². The molecule has 0 bridgehead atoms. The Morgan fingerprint density at radius 3 is 2.39 bits per heavy atom. The molecular formula is C23H22ClN5O3S. The zero-order valence-electron chi connectivity index (χ0n) is 17.9. The van der Waals surface area contributed by atoms with Crippen LogP contribution in [-0.4, -0.2) is 36.8 Å². The van der Waals surface area contributed by atoms with Gasteiger partial charge in [0.1, 0.15) is 6.10 Å². The van der Waals surface area contributed by atoms with Gasteiger partial charge in [-0.25, -0.2) is 0 Å². The van der Waals surface area contributed by atoms with E-state index in [-0.39, 0.29) is 5.17 Å². The Morgan fingerprint density at radius 2 is 1.76 bits per heavy atom. The minimum Gasteiger partial charge on any atom is -0.387 e. The SMILES string of the molecule is CC(C)(O)[C@H](OS1(Cl)C(NC(=O)c2cccnc2)=NN=C1c1ccncc1)c1ccccc1. The van der Waals surface area contributed by atoms with Gasteiger partial charge in [0.25, 0.3) is 5.91 Å². The molecule has 3 aromatic rings. The maximum absolute atomic E-state index is 12.8. The molecule has 0 fully saturated rings. The third kappa shape index (κ3) is 4.96. The van der Waals surface area contributed by atoms with Gasteiger partial charge in [-0.3, -0.25) is 24.3 Å². The van der Waals surface area contributed by atoms with E-state index in [0.717, 1.165) is 5.56 Å². The Kier molecular flexibility index (Phi) is 6.57. The number of benzene rings is 1. The molecule has 4 rings (SSSR count). The molecule has 0 saturated heterocycles. The van der Waals surface area contributed by atoms with Crippen molar-refractivity contribution < 1.29 is 14.1 Å². The highest BCUT2D eigenvalue weighted by molar-refractivity contribution is 8.67. The maximum Gasteiger partial charge on any atom is 0.258 e. The Labute approximate surface area is 197 Å². The highest BCUT2D eigenvalue weighted by atomic mass is 35.7. The summed E-state index contributed by atoms with van der Waals surface area (Å²) in [4.78, 5) is 20.8. The van der Waals surface area contributed by atoms with Gasteiger partial charge in [0, 0.05) is 30.4 Å². The number of carbonyl (C=O) groups excluding carboxylic acids is 1. The summed E-state index contributed by atoms with van der Waals surface area (Å²) in [6.07, 6.45) is 5.38. The molecule has 0 saturated carbocycles. The quantitative estimate of drug-likeness (QED) is 0.542. The van der Waals surface area contributed by atoms with E-state index in [9.17, 15) is 9.90 Å². The van der Waals surface area contributed by atoms with Crippen LogP contribution < -0.4 is 5.32 Å². The van der Waals surface area contributed by atoms with Crippen LogP contribution in [0.2, 0.25) is 0 Å². The van der Waals surface area contributed by atoms with Crippen LogP contribution in [0.25, 0.3) is 0 Å². The lowest BCUT2D eigenvalue weighted by molar-refractivity contribution is -0.0270. The van der Waals surface area contributed by atoms with E-state index in [0.29, 0.717) is 16.2 Å². The van der Waals surface area contributed by atoms with Gasteiger partial charge < -0.3 is 5.11 Å². The normalized spacial score (nSPS) is 20.8. The van der Waals surface area contributed by atoms with E-state index in [1.807, 2.05) is 30.3 Å². The molecule has 8 nitrogen and oxygen atoms in total. The average molecular weight is 484 g/mol. The number of hydrogen-bond acceptors (Lipinski definition) is 7. The number of pyridine rings is 2. The van der Waals surface area contributed by atoms with E-state index in [1.165, 1.54) is 6.20 Å². The average Bonchev–Trinajstić information content (AvgIpc) is 3.14. The third-order valence-electron chi connectivity index (χ3n) is 4.77. The fourth-order valence-electron chi connectivity index (χ4n) is 3.18. The number of halogens is 1. The summed E-state index contributed by atoms with van der Waals surface area (Å²) in [7, 11) is 4.22. The molecule has 0 radical (unpaired) electrons. The third-order valence-corrected chi connectivity index (χ3v) is 7.82. The molecule has 10 heteroatoms. The topological polar surface area (TPSA) is 109 Å². The van der Waals surface area contributed by atoms with Crippen LogP contribution in [0.15, 0.2) is 89.6 Å². The summed E-state index contributed by atoms with van der Waals surface area (Å²) >= 11 is 0. The molecule has 170 valence electrons. The second-order valence-electron chi connectivity index (χ2n) is 7.77. The first-order valence-electron chi connectivity index (χ1n) is 10.0. The van der Waals surface area contributed by atoms with Gasteiger partial charge >= 0.3 is 0 Å². The Hall–Kier alpha value is -3.11. The molecular weight excluding hydrogens is 462 g/mol. The summed E-state index contributed by atoms with van der Waals surface area (Å²) in [5.74, 6) is -0.450. The van der Waals surface area contributed by atoms with Crippen molar-refractivity contribution in [3.05, 3.63) is 96.1 Å². The number of carbonyl (C=O) groups is 1. The van der Waals surface area contributed by atoms with Gasteiger partial charge in [0.2, 0.25) is 5.17 Å². The fraction of sp³-hybridized carbons (Fsp3) is 0.174. The van der Waals surface area contributed by atoms with Gasteiger partial charge in [-0.05, 0) is 54.4 Å². The minimum absolute atomic E-state index is 0.0648. The first-order valence-corrected chi connectivity index (χ1v) is 12.4. The Balaban J connectivity index is 1.73. The Morgan fingerprint density at radius 1 is 1.03 bits per heavy atom. The van der Waals surface area contributed by atoms with Gasteiger partial charge in [0.15, 0.2) is 5.04 Å². The molecule has 33 heavy (non-hydrogen) atoms. The number of nitrogens with zero attached hydrogens (tertiary/aromatic N) is 4. The summed E-state index contributed by atoms with van der Waals surface area (Å²) in [5, 5.41) is 22.5. The number of amides is 1. The first-order chi connectivity index (χ1) is 15.8. The summed E-state index contributed by atoms with van der Waals surface area (Å²) in [6, 6.07) is 16.0. The maximum atomic E-state index is 12.8. The number of nitrogens with one attached hydrogen (secondary N) is 1. The summed E-state index contributed by atoms with van der Waals surface area (Å²) in [5.41, 5.74) is 0.391. The lowest BCUT2D eigenvalue weighted by Gasteiger charge is -2.38. The monoisotopic (exact) mass is 483 g/mol. The zero-order valence-corrected chi connectivity index (χ0v) is 19.5. The molecule has 0 spiro atoms. The van der Waals surface area contributed by atoms with Crippen LogP contribution in [0.5, 0.6) is 0 Å². The predicted molar refractivity (Wildman–Crippen MR) is 130 cm³/mol. The van der Waals surface area contributed by atoms with Crippen molar-refractivity contribution in [2.75, 3.05) is 0 Å². The zero-order chi connectivity index (χ0) is 23.5. The van der Waals surface area contributed by atoms with Crippen LogP contribution in [0.4, 0.5) is 0 Å². The van der Waals surface area contributed by atoms with Crippen molar-refractivity contribution in [2.24, 2.45) is 10.2 Å². The molecule has 2 atom stereocenters. The van der Waals surface area contributed by atoms with E-state index in [2.05, 4.69) is 25.5 Å². The van der Waals surface area contributed by atoms with Gasteiger partial charge in [0.05, 0.1) is 20.7 Å². The molecule has 0 aliphatic carbocycles. The minimum atomic E-state index is -2.94. The predicted octanol–water partition coefficient (Wildman–Crippen LogP) is 4.34. The first kappa shape index (κ1) is 23.1. The van der Waals surface area contributed by atoms with E-state index < -0.39 is 27.1 Å². The van der Waals surface area contributed by atoms with Crippen LogP contribution in [0, 0.1) is 0 Å². The summed E-state index contributed by atoms with van der Waals surface area (Å²) in [6.45, 7) is 3.27. The lowest BCUT2D eigenvalue weighted by Crippen LogP contribution is -2.38. The van der Waals surface area contributed by atoms with Crippen molar-refractivity contribution in [3.8, 4) is 0 Å². The molecule has 2 aromatic heterocycles. The second-order valence-corrected chi connectivity index (χ2v) is 11.0. The van der Waals surface area contributed by atoms with E-state index in [1.54, 1.807) is 56.7 Å². The smallest absolute Gasteiger partial charge is 0.258 e. The molecule has 1 aromatic carbocycles. The van der Waals surface area contributed by atoms with E-state index in [4.69, 9.17) is 14.9 Å². The second kappa shape index (κ2) is 9.40. The highest BCUT2D eigenvalue weighted by Crippen LogP contribution is 2.63. The van der Waals surface area contributed by atoms with Crippen molar-refractivity contribution in [2.45, 2.75) is 25.6 Å².